The highest BCUT2D eigenvalue weighted by Gasteiger charge is 2.24. The van der Waals surface area contributed by atoms with Crippen LogP contribution in [-0.2, 0) is 13.6 Å². The quantitative estimate of drug-likeness (QED) is 0.868. The van der Waals surface area contributed by atoms with E-state index < -0.39 is 0 Å². The predicted octanol–water partition coefficient (Wildman–Crippen LogP) is 2.73. The molecule has 4 nitrogen and oxygen atoms in total. The third kappa shape index (κ3) is 3.32. The van der Waals surface area contributed by atoms with Gasteiger partial charge in [0.1, 0.15) is 11.9 Å². The average molecular weight is 292 g/mol. The zero-order valence-corrected chi connectivity index (χ0v) is 12.3. The van der Waals surface area contributed by atoms with E-state index in [4.69, 9.17) is 16.3 Å². The van der Waals surface area contributed by atoms with E-state index in [9.17, 15) is 0 Å². The van der Waals surface area contributed by atoms with Gasteiger partial charge in [0.15, 0.2) is 0 Å². The summed E-state index contributed by atoms with van der Waals surface area (Å²) in [5, 5.41) is 4.91. The molecule has 3 rings (SSSR count). The predicted molar refractivity (Wildman–Crippen MR) is 79.0 cm³/mol. The van der Waals surface area contributed by atoms with Crippen LogP contribution in [0.5, 0.6) is 5.75 Å². The van der Waals surface area contributed by atoms with Crippen molar-refractivity contribution in [2.45, 2.75) is 19.1 Å². The van der Waals surface area contributed by atoms with Crippen LogP contribution < -0.4 is 4.74 Å². The molecule has 1 fully saturated rings. The number of halogens is 1. The Morgan fingerprint density at radius 3 is 3.10 bits per heavy atom. The maximum Gasteiger partial charge on any atom is 0.121 e. The summed E-state index contributed by atoms with van der Waals surface area (Å²) in [6, 6.07) is 7.60. The van der Waals surface area contributed by atoms with Crippen LogP contribution in [0.3, 0.4) is 0 Å². The number of hydrogen-bond donors (Lipinski definition) is 0. The van der Waals surface area contributed by atoms with Gasteiger partial charge in [-0.2, -0.15) is 5.10 Å². The first-order chi connectivity index (χ1) is 9.69. The number of rotatable bonds is 4. The molecule has 1 unspecified atom stereocenters. The molecule has 0 amide bonds. The molecule has 2 aromatic rings. The van der Waals surface area contributed by atoms with E-state index in [1.165, 1.54) is 5.56 Å². The molecule has 1 aliphatic heterocycles. The highest BCUT2D eigenvalue weighted by molar-refractivity contribution is 6.30. The van der Waals surface area contributed by atoms with E-state index >= 15 is 0 Å². The lowest BCUT2D eigenvalue weighted by molar-refractivity contribution is 0.198. The molecule has 20 heavy (non-hydrogen) atoms. The van der Waals surface area contributed by atoms with Gasteiger partial charge in [0.25, 0.3) is 0 Å². The first-order valence-corrected chi connectivity index (χ1v) is 7.19. The number of hydrogen-bond acceptors (Lipinski definition) is 3. The molecule has 5 heteroatoms. The SMILES string of the molecule is Cn1cc(CN2CCC(Oc3cccc(Cl)c3)C2)cn1. The number of likely N-dealkylation sites (tertiary alicyclic amines) is 1. The maximum atomic E-state index is 5.98. The Hall–Kier alpha value is -1.52. The Morgan fingerprint density at radius 1 is 1.45 bits per heavy atom. The largest absolute Gasteiger partial charge is 0.489 e. The van der Waals surface area contributed by atoms with Crippen molar-refractivity contribution < 1.29 is 4.74 Å². The van der Waals surface area contributed by atoms with Crippen LogP contribution in [0.2, 0.25) is 5.02 Å². The molecule has 0 bridgehead atoms. The molecule has 1 aromatic heterocycles. The Balaban J connectivity index is 1.54. The molecule has 0 N–H and O–H groups in total. The van der Waals surface area contributed by atoms with Crippen LogP contribution in [0.4, 0.5) is 0 Å². The summed E-state index contributed by atoms with van der Waals surface area (Å²) in [4.78, 5) is 2.40. The summed E-state index contributed by atoms with van der Waals surface area (Å²) >= 11 is 5.97. The lowest BCUT2D eigenvalue weighted by Crippen LogP contribution is -2.24. The first kappa shape index (κ1) is 13.5. The molecule has 0 radical (unpaired) electrons. The van der Waals surface area contributed by atoms with Crippen molar-refractivity contribution >= 4 is 11.6 Å². The number of aryl methyl sites for hydroxylation is 1. The third-order valence-electron chi connectivity index (χ3n) is 3.49. The van der Waals surface area contributed by atoms with Crippen LogP contribution >= 0.6 is 11.6 Å². The van der Waals surface area contributed by atoms with Gasteiger partial charge < -0.3 is 4.74 Å². The summed E-state index contributed by atoms with van der Waals surface area (Å²) < 4.78 is 7.82. The Kier molecular flexibility index (Phi) is 3.94. The smallest absolute Gasteiger partial charge is 0.121 e. The molecule has 2 heterocycles. The van der Waals surface area contributed by atoms with Crippen LogP contribution in [-0.4, -0.2) is 33.9 Å². The van der Waals surface area contributed by atoms with Crippen molar-refractivity contribution in [3.8, 4) is 5.75 Å². The topological polar surface area (TPSA) is 30.3 Å². The molecule has 0 aliphatic carbocycles. The van der Waals surface area contributed by atoms with E-state index in [1.54, 1.807) is 0 Å². The maximum absolute atomic E-state index is 5.98. The minimum absolute atomic E-state index is 0.241. The number of benzene rings is 1. The third-order valence-corrected chi connectivity index (χ3v) is 3.73. The Morgan fingerprint density at radius 2 is 2.35 bits per heavy atom. The molecule has 1 saturated heterocycles. The van der Waals surface area contributed by atoms with Crippen molar-refractivity contribution in [3.63, 3.8) is 0 Å². The normalized spacial score (nSPS) is 19.4. The van der Waals surface area contributed by atoms with Crippen molar-refractivity contribution in [3.05, 3.63) is 47.2 Å². The lowest BCUT2D eigenvalue weighted by atomic mass is 10.3. The summed E-state index contributed by atoms with van der Waals surface area (Å²) in [5.74, 6) is 0.853. The van der Waals surface area contributed by atoms with Crippen molar-refractivity contribution in [1.82, 2.24) is 14.7 Å². The van der Waals surface area contributed by atoms with Gasteiger partial charge in [-0.25, -0.2) is 0 Å². The molecule has 1 aliphatic rings. The standard InChI is InChI=1S/C15H18ClN3O/c1-18-9-12(8-17-18)10-19-6-5-15(11-19)20-14-4-2-3-13(16)7-14/h2-4,7-9,15H,5-6,10-11H2,1H3. The van der Waals surface area contributed by atoms with E-state index in [1.807, 2.05) is 42.2 Å². The average Bonchev–Trinajstić information content (AvgIpc) is 3.00. The molecule has 106 valence electrons. The molecule has 0 spiro atoms. The Labute approximate surface area is 123 Å². The van der Waals surface area contributed by atoms with Gasteiger partial charge in [-0.05, 0) is 24.6 Å². The molecule has 1 aromatic carbocycles. The van der Waals surface area contributed by atoms with Gasteiger partial charge in [-0.1, -0.05) is 17.7 Å². The molecular formula is C15H18ClN3O. The second kappa shape index (κ2) is 5.85. The zero-order valence-electron chi connectivity index (χ0n) is 11.5. The molecule has 0 saturated carbocycles. The monoisotopic (exact) mass is 291 g/mol. The van der Waals surface area contributed by atoms with Gasteiger partial charge in [-0.3, -0.25) is 9.58 Å². The van der Waals surface area contributed by atoms with E-state index in [0.29, 0.717) is 5.02 Å². The minimum Gasteiger partial charge on any atom is -0.489 e. The molecular weight excluding hydrogens is 274 g/mol. The first-order valence-electron chi connectivity index (χ1n) is 6.81. The van der Waals surface area contributed by atoms with Crippen molar-refractivity contribution in [2.24, 2.45) is 7.05 Å². The highest BCUT2D eigenvalue weighted by Crippen LogP contribution is 2.22. The van der Waals surface area contributed by atoms with Gasteiger partial charge in [0.05, 0.1) is 6.20 Å². The fraction of sp³-hybridized carbons (Fsp3) is 0.400. The zero-order chi connectivity index (χ0) is 13.9. The molecule has 1 atom stereocenters. The fourth-order valence-electron chi connectivity index (χ4n) is 2.58. The van der Waals surface area contributed by atoms with E-state index in [2.05, 4.69) is 16.2 Å². The van der Waals surface area contributed by atoms with Crippen LogP contribution in [0.25, 0.3) is 0 Å². The second-order valence-corrected chi connectivity index (χ2v) is 5.68. The van der Waals surface area contributed by atoms with Gasteiger partial charge in [0, 0.05) is 43.5 Å². The van der Waals surface area contributed by atoms with E-state index in [0.717, 1.165) is 31.8 Å². The fourth-order valence-corrected chi connectivity index (χ4v) is 2.76. The lowest BCUT2D eigenvalue weighted by Gasteiger charge is -2.16. The summed E-state index contributed by atoms with van der Waals surface area (Å²) in [7, 11) is 1.94. The van der Waals surface area contributed by atoms with Crippen molar-refractivity contribution in [2.75, 3.05) is 13.1 Å². The number of ether oxygens (including phenoxy) is 1. The Bertz CT molecular complexity index is 584. The van der Waals surface area contributed by atoms with Crippen LogP contribution in [0, 0.1) is 0 Å². The summed E-state index contributed by atoms with van der Waals surface area (Å²) in [6.45, 7) is 2.94. The summed E-state index contributed by atoms with van der Waals surface area (Å²) in [5.41, 5.74) is 1.25. The minimum atomic E-state index is 0.241. The van der Waals surface area contributed by atoms with Crippen molar-refractivity contribution in [1.29, 1.82) is 0 Å². The van der Waals surface area contributed by atoms with E-state index in [-0.39, 0.29) is 6.10 Å². The van der Waals surface area contributed by atoms with Gasteiger partial charge in [-0.15, -0.1) is 0 Å². The summed E-state index contributed by atoms with van der Waals surface area (Å²) in [6.07, 6.45) is 5.27. The van der Waals surface area contributed by atoms with Crippen LogP contribution in [0.15, 0.2) is 36.7 Å². The van der Waals surface area contributed by atoms with Crippen LogP contribution in [0.1, 0.15) is 12.0 Å². The highest BCUT2D eigenvalue weighted by atomic mass is 35.5. The van der Waals surface area contributed by atoms with Gasteiger partial charge in [0.2, 0.25) is 0 Å². The number of aromatic nitrogens is 2. The van der Waals surface area contributed by atoms with Gasteiger partial charge >= 0.3 is 0 Å². The number of nitrogens with zero attached hydrogens (tertiary/aromatic N) is 3. The second-order valence-electron chi connectivity index (χ2n) is 5.24.